The molecule has 1 aliphatic heterocycles. The molecular weight excluding hydrogens is 609 g/mol. The Bertz CT molecular complexity index is 1630. The molecule has 4 heterocycles. The number of hydrogen-bond acceptors (Lipinski definition) is 9. The zero-order valence-electron chi connectivity index (χ0n) is 25.6. The average Bonchev–Trinajstić information content (AvgIpc) is 3.29. The highest BCUT2D eigenvalue weighted by Gasteiger charge is 2.71. The molecule has 3 aliphatic rings. The number of nitrogens with zero attached hydrogens (tertiary/aromatic N) is 4. The summed E-state index contributed by atoms with van der Waals surface area (Å²) >= 11 is 0.804. The minimum Gasteiger partial charge on any atom is -0.474 e. The lowest BCUT2D eigenvalue weighted by Crippen LogP contribution is -2.46. The zero-order valence-corrected chi connectivity index (χ0v) is 26.4. The summed E-state index contributed by atoms with van der Waals surface area (Å²) < 4.78 is 52.9. The van der Waals surface area contributed by atoms with Crippen LogP contribution in [0.2, 0.25) is 0 Å². The fraction of sp³-hybridized carbons (Fsp3) is 0.516. The van der Waals surface area contributed by atoms with Gasteiger partial charge in [-0.1, -0.05) is 0 Å². The van der Waals surface area contributed by atoms with Gasteiger partial charge in [-0.25, -0.2) is 24.5 Å². The second-order valence-electron chi connectivity index (χ2n) is 12.8. The maximum Gasteiger partial charge on any atom is 0.434 e. The number of urea groups is 1. The van der Waals surface area contributed by atoms with Gasteiger partial charge in [-0.3, -0.25) is 10.2 Å². The minimum atomic E-state index is -4.65. The summed E-state index contributed by atoms with van der Waals surface area (Å²) in [6.07, 6.45) is 2.03. The number of aromatic nitrogens is 3. The average molecular weight is 645 g/mol. The first-order valence-electron chi connectivity index (χ1n) is 14.9. The van der Waals surface area contributed by atoms with Gasteiger partial charge in [0.25, 0.3) is 0 Å². The number of likely N-dealkylation sites (N-methyl/N-ethyl adjacent to an activating group) is 1. The number of carbonyl (C=O) groups is 2. The number of thiazole rings is 1. The number of likely N-dealkylation sites (tertiary alicyclic amines) is 1. The Morgan fingerprint density at radius 3 is 2.51 bits per heavy atom. The molecule has 2 amide bonds. The lowest BCUT2D eigenvalue weighted by Gasteiger charge is -2.43. The van der Waals surface area contributed by atoms with E-state index in [1.807, 2.05) is 0 Å². The molecule has 14 heteroatoms. The minimum absolute atomic E-state index is 0.0452. The van der Waals surface area contributed by atoms with Crippen LogP contribution in [0.1, 0.15) is 69.4 Å². The second kappa shape index (κ2) is 11.2. The molecule has 3 fully saturated rings. The fourth-order valence-electron chi connectivity index (χ4n) is 6.67. The van der Waals surface area contributed by atoms with Crippen LogP contribution in [0.3, 0.4) is 0 Å². The lowest BCUT2D eigenvalue weighted by molar-refractivity contribution is -0.140. The summed E-state index contributed by atoms with van der Waals surface area (Å²) in [7, 11) is 2.15. The molecule has 0 aromatic carbocycles. The third-order valence-corrected chi connectivity index (χ3v) is 9.70. The number of rotatable bonds is 7. The molecule has 2 aliphatic carbocycles. The van der Waals surface area contributed by atoms with E-state index in [0.29, 0.717) is 35.2 Å². The van der Waals surface area contributed by atoms with Crippen molar-refractivity contribution >= 4 is 29.2 Å². The SMILES string of the molecule is CCNC(=O)Nc1cc(-c2nc(C(F)(F)F)cs2)c(-c2cc(C(=O)OC(C)(C)C)cnc2O[C@@H]2C[C@@H]3CCC34[C@H](C2)[N@]4C)cn1. The second-order valence-corrected chi connectivity index (χ2v) is 13.6. The van der Waals surface area contributed by atoms with Crippen molar-refractivity contribution in [2.45, 2.75) is 82.8 Å². The van der Waals surface area contributed by atoms with Crippen molar-refractivity contribution < 1.29 is 32.2 Å². The van der Waals surface area contributed by atoms with Crippen LogP contribution in [-0.2, 0) is 10.9 Å². The molecule has 1 unspecified atom stereocenters. The van der Waals surface area contributed by atoms with Crippen LogP contribution in [0, 0.1) is 5.92 Å². The van der Waals surface area contributed by atoms with E-state index in [1.54, 1.807) is 33.8 Å². The van der Waals surface area contributed by atoms with Crippen molar-refractivity contribution in [3.8, 4) is 27.6 Å². The standard InChI is InChI=1S/C31H35F3N6O4S/c1-6-35-28(42)39-24-12-20(26-38-22(15-45-26)31(32,33)34)21(14-36-24)19-9-16(27(41)44-29(2,3)4)13-37-25(19)43-18-10-17-7-8-30(17)23(11-18)40(30)5/h9,12-15,17-18,23H,6-8,10-11H2,1-5H3,(H2,35,36,39,42)/t17-,18+,23-,30?,40-/m0/s1. The van der Waals surface area contributed by atoms with Gasteiger partial charge < -0.3 is 14.8 Å². The van der Waals surface area contributed by atoms with Crippen LogP contribution in [0.25, 0.3) is 21.7 Å². The highest BCUT2D eigenvalue weighted by atomic mass is 32.1. The number of alkyl halides is 3. The predicted octanol–water partition coefficient (Wildman–Crippen LogP) is 6.39. The maximum atomic E-state index is 13.6. The number of ether oxygens (including phenoxy) is 2. The predicted molar refractivity (Wildman–Crippen MR) is 162 cm³/mol. The Balaban J connectivity index is 1.43. The Morgan fingerprint density at radius 2 is 1.89 bits per heavy atom. The molecule has 3 aromatic heterocycles. The van der Waals surface area contributed by atoms with Crippen LogP contribution in [0.5, 0.6) is 5.88 Å². The van der Waals surface area contributed by atoms with Gasteiger partial charge >= 0.3 is 18.2 Å². The van der Waals surface area contributed by atoms with Gasteiger partial charge in [0, 0.05) is 59.0 Å². The number of anilines is 1. The Morgan fingerprint density at radius 1 is 1.11 bits per heavy atom. The third kappa shape index (κ3) is 5.97. The van der Waals surface area contributed by atoms with Gasteiger partial charge in [0.2, 0.25) is 5.88 Å². The lowest BCUT2D eigenvalue weighted by atomic mass is 9.64. The van der Waals surface area contributed by atoms with Gasteiger partial charge in [0.05, 0.1) is 5.56 Å². The number of amides is 2. The number of pyridine rings is 2. The van der Waals surface area contributed by atoms with Crippen LogP contribution in [-0.4, -0.2) is 68.7 Å². The Hall–Kier alpha value is -3.78. The van der Waals surface area contributed by atoms with Crippen molar-refractivity contribution in [1.29, 1.82) is 0 Å². The number of esters is 1. The number of halogens is 3. The molecule has 0 radical (unpaired) electrons. The number of hydrogen-bond donors (Lipinski definition) is 2. The molecule has 1 saturated heterocycles. The van der Waals surface area contributed by atoms with Gasteiger partial charge in [-0.15, -0.1) is 11.3 Å². The summed E-state index contributed by atoms with van der Waals surface area (Å²) in [5.74, 6) is 0.246. The molecule has 5 atom stereocenters. The van der Waals surface area contributed by atoms with Crippen LogP contribution in [0.4, 0.5) is 23.8 Å². The summed E-state index contributed by atoms with van der Waals surface area (Å²) in [5, 5.41) is 6.18. The first-order valence-corrected chi connectivity index (χ1v) is 15.8. The van der Waals surface area contributed by atoms with Crippen molar-refractivity contribution in [2.75, 3.05) is 18.9 Å². The smallest absolute Gasteiger partial charge is 0.434 e. The molecule has 2 saturated carbocycles. The summed E-state index contributed by atoms with van der Waals surface area (Å²) in [4.78, 5) is 40.6. The molecule has 6 rings (SSSR count). The summed E-state index contributed by atoms with van der Waals surface area (Å²) in [5.41, 5.74) is -0.431. The summed E-state index contributed by atoms with van der Waals surface area (Å²) in [6, 6.07) is 2.93. The van der Waals surface area contributed by atoms with Crippen molar-refractivity contribution in [3.63, 3.8) is 0 Å². The first kappa shape index (κ1) is 31.2. The highest BCUT2D eigenvalue weighted by molar-refractivity contribution is 7.13. The maximum absolute atomic E-state index is 13.6. The van der Waals surface area contributed by atoms with Gasteiger partial charge in [-0.05, 0) is 72.1 Å². The third-order valence-electron chi connectivity index (χ3n) is 8.83. The first-order chi connectivity index (χ1) is 21.2. The van der Waals surface area contributed by atoms with E-state index in [2.05, 4.69) is 37.5 Å². The van der Waals surface area contributed by atoms with E-state index in [1.165, 1.54) is 24.9 Å². The van der Waals surface area contributed by atoms with E-state index in [-0.39, 0.29) is 33.9 Å². The quantitative estimate of drug-likeness (QED) is 0.225. The zero-order chi connectivity index (χ0) is 32.3. The van der Waals surface area contributed by atoms with Crippen LogP contribution < -0.4 is 15.4 Å². The molecule has 0 bridgehead atoms. The highest BCUT2D eigenvalue weighted by Crippen LogP contribution is 2.64. The molecular formula is C31H35F3N6O4S. The molecule has 2 N–H and O–H groups in total. The molecule has 240 valence electrons. The van der Waals surface area contributed by atoms with E-state index >= 15 is 0 Å². The van der Waals surface area contributed by atoms with Crippen LogP contribution >= 0.6 is 11.3 Å². The van der Waals surface area contributed by atoms with Gasteiger partial charge in [0.15, 0.2) is 5.69 Å². The van der Waals surface area contributed by atoms with E-state index in [4.69, 9.17) is 9.47 Å². The van der Waals surface area contributed by atoms with E-state index < -0.39 is 29.5 Å². The molecule has 1 spiro atoms. The van der Waals surface area contributed by atoms with Gasteiger partial charge in [-0.2, -0.15) is 13.2 Å². The van der Waals surface area contributed by atoms with Crippen molar-refractivity contribution in [3.05, 3.63) is 41.2 Å². The number of carbonyl (C=O) groups excluding carboxylic acids is 2. The topological polar surface area (TPSA) is 118 Å². The van der Waals surface area contributed by atoms with Crippen molar-refractivity contribution in [2.24, 2.45) is 5.92 Å². The van der Waals surface area contributed by atoms with Gasteiger partial charge in [0.1, 0.15) is 22.5 Å². The molecule has 45 heavy (non-hydrogen) atoms. The van der Waals surface area contributed by atoms with E-state index in [0.717, 1.165) is 36.0 Å². The Labute approximate surface area is 262 Å². The molecule has 10 nitrogen and oxygen atoms in total. The largest absolute Gasteiger partial charge is 0.474 e. The fourth-order valence-corrected chi connectivity index (χ4v) is 7.52. The summed E-state index contributed by atoms with van der Waals surface area (Å²) in [6.45, 7) is 7.36. The van der Waals surface area contributed by atoms with E-state index in [9.17, 15) is 22.8 Å². The number of nitrogens with one attached hydrogen (secondary N) is 2. The Kier molecular flexibility index (Phi) is 7.79. The monoisotopic (exact) mass is 644 g/mol. The normalized spacial score (nSPS) is 25.3. The molecule has 3 aromatic rings. The van der Waals surface area contributed by atoms with Crippen LogP contribution in [0.15, 0.2) is 29.9 Å². The van der Waals surface area contributed by atoms with Crippen molar-refractivity contribution in [1.82, 2.24) is 25.2 Å².